The molecule has 5 heteroatoms. The lowest BCUT2D eigenvalue weighted by molar-refractivity contribution is 0.233. The van der Waals surface area contributed by atoms with Crippen LogP contribution < -0.4 is 5.73 Å². The molecule has 84 valence electrons. The van der Waals surface area contributed by atoms with Crippen LogP contribution in [0.1, 0.15) is 12.1 Å². The summed E-state index contributed by atoms with van der Waals surface area (Å²) >= 11 is 0. The molecule has 1 aromatic rings. The number of hydrogen-bond donors (Lipinski definition) is 1. The molecule has 1 saturated heterocycles. The fourth-order valence-electron chi connectivity index (χ4n) is 2.13. The molecule has 1 fully saturated rings. The first kappa shape index (κ1) is 10.6. The van der Waals surface area contributed by atoms with Crippen LogP contribution in [0.25, 0.3) is 0 Å². The second kappa shape index (κ2) is 4.28. The van der Waals surface area contributed by atoms with Crippen molar-refractivity contribution in [1.82, 2.24) is 14.7 Å². The lowest BCUT2D eigenvalue weighted by atomic mass is 10.2. The SMILES string of the molecule is Cn1nccc1CN1CC(F)CC1CN. The van der Waals surface area contributed by atoms with E-state index in [9.17, 15) is 4.39 Å². The van der Waals surface area contributed by atoms with Crippen LogP contribution in [-0.4, -0.2) is 40.0 Å². The van der Waals surface area contributed by atoms with Crippen molar-refractivity contribution in [1.29, 1.82) is 0 Å². The topological polar surface area (TPSA) is 47.1 Å². The number of aryl methyl sites for hydroxylation is 1. The fraction of sp³-hybridized carbons (Fsp3) is 0.700. The van der Waals surface area contributed by atoms with E-state index in [1.54, 1.807) is 6.20 Å². The van der Waals surface area contributed by atoms with Gasteiger partial charge in [0.1, 0.15) is 6.17 Å². The molecule has 0 bridgehead atoms. The van der Waals surface area contributed by atoms with Crippen molar-refractivity contribution >= 4 is 0 Å². The van der Waals surface area contributed by atoms with Crippen LogP contribution in [0.3, 0.4) is 0 Å². The molecule has 2 unspecified atom stereocenters. The van der Waals surface area contributed by atoms with E-state index in [1.165, 1.54) is 0 Å². The summed E-state index contributed by atoms with van der Waals surface area (Å²) in [5.41, 5.74) is 6.72. The van der Waals surface area contributed by atoms with Gasteiger partial charge in [-0.25, -0.2) is 4.39 Å². The molecule has 0 aliphatic carbocycles. The third kappa shape index (κ3) is 2.18. The highest BCUT2D eigenvalue weighted by Crippen LogP contribution is 2.21. The quantitative estimate of drug-likeness (QED) is 0.783. The van der Waals surface area contributed by atoms with Gasteiger partial charge in [0.05, 0.1) is 5.69 Å². The summed E-state index contributed by atoms with van der Waals surface area (Å²) in [6, 6.07) is 2.13. The summed E-state index contributed by atoms with van der Waals surface area (Å²) in [5, 5.41) is 4.09. The van der Waals surface area contributed by atoms with Gasteiger partial charge in [-0.2, -0.15) is 5.10 Å². The first-order chi connectivity index (χ1) is 7.20. The number of rotatable bonds is 3. The summed E-state index contributed by atoms with van der Waals surface area (Å²) < 4.78 is 15.0. The van der Waals surface area contributed by atoms with E-state index in [0.717, 1.165) is 12.2 Å². The first-order valence-corrected chi connectivity index (χ1v) is 5.25. The molecule has 15 heavy (non-hydrogen) atoms. The van der Waals surface area contributed by atoms with Crippen molar-refractivity contribution in [3.8, 4) is 0 Å². The summed E-state index contributed by atoms with van der Waals surface area (Å²) in [6.45, 7) is 1.75. The largest absolute Gasteiger partial charge is 0.329 e. The number of halogens is 1. The molecule has 0 amide bonds. The summed E-state index contributed by atoms with van der Waals surface area (Å²) in [6.07, 6.45) is 1.59. The lowest BCUT2D eigenvalue weighted by Gasteiger charge is -2.22. The molecular formula is C10H17FN4. The molecule has 1 aromatic heterocycles. The van der Waals surface area contributed by atoms with Crippen molar-refractivity contribution in [2.45, 2.75) is 25.2 Å². The highest BCUT2D eigenvalue weighted by molar-refractivity contribution is 5.01. The second-order valence-electron chi connectivity index (χ2n) is 4.10. The average Bonchev–Trinajstić information content (AvgIpc) is 2.75. The number of aromatic nitrogens is 2. The van der Waals surface area contributed by atoms with Gasteiger partial charge in [0.25, 0.3) is 0 Å². The van der Waals surface area contributed by atoms with E-state index < -0.39 is 6.17 Å². The normalized spacial score (nSPS) is 27.4. The van der Waals surface area contributed by atoms with E-state index in [4.69, 9.17) is 5.73 Å². The highest BCUT2D eigenvalue weighted by atomic mass is 19.1. The maximum atomic E-state index is 13.2. The summed E-state index contributed by atoms with van der Waals surface area (Å²) in [5.74, 6) is 0. The molecule has 0 aromatic carbocycles. The van der Waals surface area contributed by atoms with Gasteiger partial charge in [0.15, 0.2) is 0 Å². The second-order valence-corrected chi connectivity index (χ2v) is 4.10. The van der Waals surface area contributed by atoms with E-state index >= 15 is 0 Å². The summed E-state index contributed by atoms with van der Waals surface area (Å²) in [4.78, 5) is 2.10. The highest BCUT2D eigenvalue weighted by Gasteiger charge is 2.31. The van der Waals surface area contributed by atoms with Gasteiger partial charge in [-0.05, 0) is 12.5 Å². The van der Waals surface area contributed by atoms with Crippen LogP contribution in [0, 0.1) is 0 Å². The molecule has 0 radical (unpaired) electrons. The van der Waals surface area contributed by atoms with Gasteiger partial charge in [-0.15, -0.1) is 0 Å². The third-order valence-corrected chi connectivity index (χ3v) is 3.04. The average molecular weight is 212 g/mol. The zero-order valence-corrected chi connectivity index (χ0v) is 8.93. The zero-order valence-electron chi connectivity index (χ0n) is 8.93. The molecule has 2 N–H and O–H groups in total. The molecule has 2 atom stereocenters. The van der Waals surface area contributed by atoms with Crippen LogP contribution in [0.15, 0.2) is 12.3 Å². The van der Waals surface area contributed by atoms with Gasteiger partial charge in [-0.1, -0.05) is 0 Å². The van der Waals surface area contributed by atoms with Crippen molar-refractivity contribution in [2.24, 2.45) is 12.8 Å². The van der Waals surface area contributed by atoms with Crippen LogP contribution in [0.4, 0.5) is 4.39 Å². The van der Waals surface area contributed by atoms with Gasteiger partial charge in [0.2, 0.25) is 0 Å². The maximum Gasteiger partial charge on any atom is 0.114 e. The maximum absolute atomic E-state index is 13.2. The Morgan fingerprint density at radius 2 is 2.47 bits per heavy atom. The predicted octanol–water partition coefficient (Wildman–Crippen LogP) is 0.291. The Balaban J connectivity index is 2.02. The molecule has 0 spiro atoms. The summed E-state index contributed by atoms with van der Waals surface area (Å²) in [7, 11) is 1.90. The molecule has 1 aliphatic heterocycles. The van der Waals surface area contributed by atoms with E-state index in [-0.39, 0.29) is 6.04 Å². The Kier molecular flexibility index (Phi) is 3.02. The fourth-order valence-corrected chi connectivity index (χ4v) is 2.13. The standard InChI is InChI=1S/C10H17FN4/c1-14-9(2-3-13-14)7-15-6-8(11)4-10(15)5-12/h2-3,8,10H,4-7,12H2,1H3. The van der Waals surface area contributed by atoms with Gasteiger partial charge in [-0.3, -0.25) is 9.58 Å². The molecule has 2 heterocycles. The number of likely N-dealkylation sites (tertiary alicyclic amines) is 1. The molecule has 1 aliphatic rings. The Bertz CT molecular complexity index is 325. The third-order valence-electron chi connectivity index (χ3n) is 3.04. The van der Waals surface area contributed by atoms with E-state index in [0.29, 0.717) is 19.5 Å². The number of hydrogen-bond acceptors (Lipinski definition) is 3. The minimum Gasteiger partial charge on any atom is -0.329 e. The molecule has 4 nitrogen and oxygen atoms in total. The Labute approximate surface area is 88.9 Å². The zero-order chi connectivity index (χ0) is 10.8. The minimum absolute atomic E-state index is 0.176. The minimum atomic E-state index is -0.730. The van der Waals surface area contributed by atoms with E-state index in [2.05, 4.69) is 10.00 Å². The Morgan fingerprint density at radius 3 is 3.07 bits per heavy atom. The molecular weight excluding hydrogens is 195 g/mol. The Morgan fingerprint density at radius 1 is 1.67 bits per heavy atom. The van der Waals surface area contributed by atoms with Crippen LogP contribution in [0.5, 0.6) is 0 Å². The van der Waals surface area contributed by atoms with Crippen LogP contribution >= 0.6 is 0 Å². The van der Waals surface area contributed by atoms with Crippen molar-refractivity contribution in [3.63, 3.8) is 0 Å². The number of nitrogens with two attached hydrogens (primary N) is 1. The Hall–Kier alpha value is -0.940. The predicted molar refractivity (Wildman–Crippen MR) is 56.0 cm³/mol. The number of nitrogens with zero attached hydrogens (tertiary/aromatic N) is 3. The molecule has 2 rings (SSSR count). The van der Waals surface area contributed by atoms with Gasteiger partial charge < -0.3 is 5.73 Å². The molecule has 0 saturated carbocycles. The van der Waals surface area contributed by atoms with Gasteiger partial charge >= 0.3 is 0 Å². The van der Waals surface area contributed by atoms with Crippen LogP contribution in [-0.2, 0) is 13.6 Å². The van der Waals surface area contributed by atoms with Crippen molar-refractivity contribution in [3.05, 3.63) is 18.0 Å². The van der Waals surface area contributed by atoms with Gasteiger partial charge in [0, 0.05) is 38.9 Å². The number of alkyl halides is 1. The first-order valence-electron chi connectivity index (χ1n) is 5.25. The monoisotopic (exact) mass is 212 g/mol. The van der Waals surface area contributed by atoms with Crippen LogP contribution in [0.2, 0.25) is 0 Å². The smallest absolute Gasteiger partial charge is 0.114 e. The van der Waals surface area contributed by atoms with E-state index in [1.807, 2.05) is 17.8 Å². The van der Waals surface area contributed by atoms with Crippen molar-refractivity contribution < 1.29 is 4.39 Å². The lowest BCUT2D eigenvalue weighted by Crippen LogP contribution is -2.35. The van der Waals surface area contributed by atoms with Crippen molar-refractivity contribution in [2.75, 3.05) is 13.1 Å².